The van der Waals surface area contributed by atoms with Crippen LogP contribution in [0.5, 0.6) is 0 Å². The van der Waals surface area contributed by atoms with Crippen molar-refractivity contribution in [2.75, 3.05) is 26.7 Å². The third-order valence-electron chi connectivity index (χ3n) is 3.52. The van der Waals surface area contributed by atoms with Gasteiger partial charge in [-0.2, -0.15) is 0 Å². The van der Waals surface area contributed by atoms with Crippen LogP contribution < -0.4 is 0 Å². The first kappa shape index (κ1) is 12.0. The lowest BCUT2D eigenvalue weighted by atomic mass is 9.80. The van der Waals surface area contributed by atoms with E-state index in [0.29, 0.717) is 6.61 Å². The van der Waals surface area contributed by atoms with E-state index >= 15 is 0 Å². The molecule has 2 unspecified atom stereocenters. The third kappa shape index (κ3) is 3.97. The van der Waals surface area contributed by atoms with Gasteiger partial charge in [-0.05, 0) is 31.7 Å². The topological polar surface area (TPSA) is 23.5 Å². The van der Waals surface area contributed by atoms with Gasteiger partial charge in [-0.25, -0.2) is 0 Å². The maximum Gasteiger partial charge on any atom is 0.0558 e. The molecule has 1 aliphatic carbocycles. The van der Waals surface area contributed by atoms with Crippen molar-refractivity contribution in [1.82, 2.24) is 4.90 Å². The molecule has 0 aromatic carbocycles. The molecule has 0 radical (unpaired) electrons. The van der Waals surface area contributed by atoms with Gasteiger partial charge in [-0.3, -0.25) is 0 Å². The van der Waals surface area contributed by atoms with Crippen LogP contribution in [0.4, 0.5) is 0 Å². The van der Waals surface area contributed by atoms with Gasteiger partial charge in [0, 0.05) is 13.1 Å². The summed E-state index contributed by atoms with van der Waals surface area (Å²) in [6.07, 6.45) is 7.01. The predicted octanol–water partition coefficient (Wildman–Crippen LogP) is 2.13. The van der Waals surface area contributed by atoms with E-state index in [4.69, 9.17) is 5.11 Å². The van der Waals surface area contributed by atoms with Crippen molar-refractivity contribution in [1.29, 1.82) is 0 Å². The number of hydrogen-bond donors (Lipinski definition) is 1. The quantitative estimate of drug-likeness (QED) is 0.733. The van der Waals surface area contributed by atoms with Gasteiger partial charge in [0.15, 0.2) is 0 Å². The van der Waals surface area contributed by atoms with Gasteiger partial charge in [0.2, 0.25) is 0 Å². The lowest BCUT2D eigenvalue weighted by molar-refractivity contribution is 0.166. The molecule has 0 heterocycles. The highest BCUT2D eigenvalue weighted by Crippen LogP contribution is 2.31. The maximum absolute atomic E-state index is 8.82. The van der Waals surface area contributed by atoms with E-state index in [1.54, 1.807) is 0 Å². The zero-order valence-corrected chi connectivity index (χ0v) is 9.71. The number of rotatable bonds is 5. The molecular formula is C12H25NO. The zero-order chi connectivity index (χ0) is 10.4. The Balaban J connectivity index is 2.22. The molecular weight excluding hydrogens is 174 g/mol. The molecule has 2 heteroatoms. The monoisotopic (exact) mass is 199 g/mol. The van der Waals surface area contributed by atoms with Crippen LogP contribution in [-0.4, -0.2) is 36.8 Å². The second-order valence-corrected chi connectivity index (χ2v) is 4.79. The summed E-state index contributed by atoms with van der Waals surface area (Å²) in [7, 11) is 2.12. The van der Waals surface area contributed by atoms with Crippen molar-refractivity contribution in [3.8, 4) is 0 Å². The van der Waals surface area contributed by atoms with Crippen LogP contribution in [0.2, 0.25) is 0 Å². The Morgan fingerprint density at radius 1 is 1.29 bits per heavy atom. The SMILES string of the molecule is CCC1CCCC(CN(C)CCO)C1. The molecule has 0 amide bonds. The minimum Gasteiger partial charge on any atom is -0.395 e. The van der Waals surface area contributed by atoms with Gasteiger partial charge < -0.3 is 10.0 Å². The van der Waals surface area contributed by atoms with Gasteiger partial charge >= 0.3 is 0 Å². The summed E-state index contributed by atoms with van der Waals surface area (Å²) in [5, 5.41) is 8.82. The van der Waals surface area contributed by atoms with Crippen LogP contribution >= 0.6 is 0 Å². The van der Waals surface area contributed by atoms with Crippen LogP contribution in [0.15, 0.2) is 0 Å². The molecule has 0 bridgehead atoms. The Hall–Kier alpha value is -0.0800. The number of hydrogen-bond acceptors (Lipinski definition) is 2. The number of nitrogens with zero attached hydrogens (tertiary/aromatic N) is 1. The van der Waals surface area contributed by atoms with Crippen LogP contribution in [-0.2, 0) is 0 Å². The summed E-state index contributed by atoms with van der Waals surface area (Å²) in [5.41, 5.74) is 0. The molecule has 1 fully saturated rings. The van der Waals surface area contributed by atoms with Crippen molar-refractivity contribution >= 4 is 0 Å². The molecule has 0 aromatic heterocycles. The van der Waals surface area contributed by atoms with Crippen LogP contribution in [0.3, 0.4) is 0 Å². The van der Waals surface area contributed by atoms with Gasteiger partial charge in [-0.15, -0.1) is 0 Å². The van der Waals surface area contributed by atoms with E-state index in [1.807, 2.05) is 0 Å². The Kier molecular flexibility index (Phi) is 5.49. The van der Waals surface area contributed by atoms with E-state index in [0.717, 1.165) is 18.4 Å². The Labute approximate surface area is 88.3 Å². The summed E-state index contributed by atoms with van der Waals surface area (Å²) >= 11 is 0. The Morgan fingerprint density at radius 2 is 2.00 bits per heavy atom. The first-order valence-corrected chi connectivity index (χ1v) is 6.05. The first-order valence-electron chi connectivity index (χ1n) is 6.05. The summed E-state index contributed by atoms with van der Waals surface area (Å²) in [6.45, 7) is 4.61. The minimum atomic E-state index is 0.292. The van der Waals surface area contributed by atoms with E-state index in [2.05, 4.69) is 18.9 Å². The van der Waals surface area contributed by atoms with Crippen LogP contribution in [0.25, 0.3) is 0 Å². The number of aliphatic hydroxyl groups excluding tert-OH is 1. The van der Waals surface area contributed by atoms with Gasteiger partial charge in [0.05, 0.1) is 6.61 Å². The van der Waals surface area contributed by atoms with E-state index in [-0.39, 0.29) is 0 Å². The van der Waals surface area contributed by atoms with Crippen LogP contribution in [0, 0.1) is 11.8 Å². The summed E-state index contributed by atoms with van der Waals surface area (Å²) in [5.74, 6) is 1.85. The molecule has 14 heavy (non-hydrogen) atoms. The molecule has 0 aliphatic heterocycles. The second kappa shape index (κ2) is 6.41. The minimum absolute atomic E-state index is 0.292. The Bertz CT molecular complexity index is 149. The summed E-state index contributed by atoms with van der Waals surface area (Å²) in [6, 6.07) is 0. The lowest BCUT2D eigenvalue weighted by Gasteiger charge is -2.31. The van der Waals surface area contributed by atoms with E-state index < -0.39 is 0 Å². The predicted molar refractivity (Wildman–Crippen MR) is 60.3 cm³/mol. The highest BCUT2D eigenvalue weighted by atomic mass is 16.3. The molecule has 2 nitrogen and oxygen atoms in total. The van der Waals surface area contributed by atoms with E-state index in [9.17, 15) is 0 Å². The molecule has 1 N–H and O–H groups in total. The van der Waals surface area contributed by atoms with Crippen molar-refractivity contribution < 1.29 is 5.11 Å². The summed E-state index contributed by atoms with van der Waals surface area (Å²) < 4.78 is 0. The van der Waals surface area contributed by atoms with Gasteiger partial charge in [0.25, 0.3) is 0 Å². The van der Waals surface area contributed by atoms with E-state index in [1.165, 1.54) is 38.6 Å². The highest BCUT2D eigenvalue weighted by Gasteiger charge is 2.21. The fourth-order valence-corrected chi connectivity index (χ4v) is 2.64. The molecule has 0 aromatic rings. The Morgan fingerprint density at radius 3 is 2.64 bits per heavy atom. The highest BCUT2D eigenvalue weighted by molar-refractivity contribution is 4.74. The molecule has 1 rings (SSSR count). The standard InChI is InChI=1S/C12H25NO/c1-3-11-5-4-6-12(9-11)10-13(2)7-8-14/h11-12,14H,3-10H2,1-2H3. The second-order valence-electron chi connectivity index (χ2n) is 4.79. The van der Waals surface area contributed by atoms with Crippen LogP contribution in [0.1, 0.15) is 39.0 Å². The normalized spacial score (nSPS) is 28.3. The lowest BCUT2D eigenvalue weighted by Crippen LogP contribution is -2.31. The number of aliphatic hydroxyl groups is 1. The molecule has 1 aliphatic rings. The molecule has 1 saturated carbocycles. The maximum atomic E-state index is 8.82. The third-order valence-corrected chi connectivity index (χ3v) is 3.52. The molecule has 0 spiro atoms. The van der Waals surface area contributed by atoms with Crippen molar-refractivity contribution in [3.05, 3.63) is 0 Å². The van der Waals surface area contributed by atoms with Gasteiger partial charge in [0.1, 0.15) is 0 Å². The zero-order valence-electron chi connectivity index (χ0n) is 9.71. The average Bonchev–Trinajstić information content (AvgIpc) is 2.18. The number of likely N-dealkylation sites (N-methyl/N-ethyl adjacent to an activating group) is 1. The summed E-state index contributed by atoms with van der Waals surface area (Å²) in [4.78, 5) is 2.27. The average molecular weight is 199 g/mol. The molecule has 0 saturated heterocycles. The smallest absolute Gasteiger partial charge is 0.0558 e. The largest absolute Gasteiger partial charge is 0.395 e. The van der Waals surface area contributed by atoms with Crippen molar-refractivity contribution in [2.45, 2.75) is 39.0 Å². The van der Waals surface area contributed by atoms with Gasteiger partial charge in [-0.1, -0.05) is 26.2 Å². The first-order chi connectivity index (χ1) is 6.76. The fraction of sp³-hybridized carbons (Fsp3) is 1.00. The fourth-order valence-electron chi connectivity index (χ4n) is 2.64. The van der Waals surface area contributed by atoms with Crippen molar-refractivity contribution in [2.24, 2.45) is 11.8 Å². The molecule has 84 valence electrons. The molecule has 2 atom stereocenters. The van der Waals surface area contributed by atoms with Crippen molar-refractivity contribution in [3.63, 3.8) is 0 Å².